The molecule has 60 heavy (non-hydrogen) atoms. The van der Waals surface area contributed by atoms with Crippen molar-refractivity contribution in [2.45, 2.75) is 91.1 Å². The number of nitrogens with one attached hydrogen (secondary N) is 2. The number of carbonyl (C=O) groups is 4. The third-order valence-electron chi connectivity index (χ3n) is 12.0. The van der Waals surface area contributed by atoms with Crippen LogP contribution in [0, 0.1) is 11.3 Å². The van der Waals surface area contributed by atoms with Crippen LogP contribution in [0.25, 0.3) is 33.4 Å². The number of carboxylic acid groups (broad SMARTS) is 1. The van der Waals surface area contributed by atoms with Crippen molar-refractivity contribution >= 4 is 40.5 Å². The summed E-state index contributed by atoms with van der Waals surface area (Å²) in [4.78, 5) is 62.1. The van der Waals surface area contributed by atoms with Gasteiger partial charge in [0.15, 0.2) is 0 Å². The van der Waals surface area contributed by atoms with Crippen molar-refractivity contribution in [2.24, 2.45) is 11.3 Å². The number of hydrogen-bond donors (Lipinski definition) is 4. The van der Waals surface area contributed by atoms with E-state index in [0.717, 1.165) is 57.1 Å². The van der Waals surface area contributed by atoms with Crippen LogP contribution in [0.15, 0.2) is 54.7 Å². The van der Waals surface area contributed by atoms with Crippen LogP contribution >= 0.6 is 0 Å². The molecule has 3 atom stereocenters. The molecule has 3 aliphatic rings. The highest BCUT2D eigenvalue weighted by Crippen LogP contribution is 2.41. The predicted octanol–water partition coefficient (Wildman–Crippen LogP) is 5.21. The summed E-state index contributed by atoms with van der Waals surface area (Å²) in [5.74, 6) is -2.05. The first-order chi connectivity index (χ1) is 28.6. The maximum absolute atomic E-state index is 14.4. The molecule has 2 saturated heterocycles. The van der Waals surface area contributed by atoms with Gasteiger partial charge in [-0.2, -0.15) is 0 Å². The van der Waals surface area contributed by atoms with E-state index >= 15 is 0 Å². The highest BCUT2D eigenvalue weighted by molar-refractivity contribution is 5.95. The number of aromatic hydroxyl groups is 1. The number of carbonyl (C=O) groups excluding carboxylic acids is 3. The molecular formula is C45H57N7O8. The van der Waals surface area contributed by atoms with Gasteiger partial charge in [-0.3, -0.25) is 29.3 Å². The first-order valence-corrected chi connectivity index (χ1v) is 20.8. The number of nitrogens with zero attached hydrogens (tertiary/aromatic N) is 5. The van der Waals surface area contributed by atoms with E-state index in [1.165, 1.54) is 12.1 Å². The molecule has 2 aromatic carbocycles. The van der Waals surface area contributed by atoms with Crippen molar-refractivity contribution in [2.75, 3.05) is 45.3 Å². The Morgan fingerprint density at radius 3 is 2.57 bits per heavy atom. The summed E-state index contributed by atoms with van der Waals surface area (Å²) in [5, 5.41) is 26.1. The van der Waals surface area contributed by atoms with Crippen LogP contribution in [0.5, 0.6) is 5.75 Å². The minimum Gasteiger partial charge on any atom is -0.508 e. The molecule has 2 aromatic heterocycles. The number of amides is 3. The molecule has 7 rings (SSSR count). The SMILES string of the molecule is CCn1c(-c2cc(N3CC(OC)C3)ccn2)c2c3cc(ccc31)-c1cc(O)cc(c1)C[C@H](NC(=O)C(C(C)C)N(C)C(=O)O)C(=O)N1CCC[C@H](N1)C(=O)OCC(C)(C)C2. The minimum atomic E-state index is -1.28. The first kappa shape index (κ1) is 42.5. The average Bonchev–Trinajstić information content (AvgIpc) is 3.50. The lowest BCUT2D eigenvalue weighted by Gasteiger charge is -2.40. The maximum Gasteiger partial charge on any atom is 0.407 e. The Bertz CT molecular complexity index is 2280. The molecule has 0 radical (unpaired) electrons. The number of aromatic nitrogens is 2. The van der Waals surface area contributed by atoms with E-state index in [0.29, 0.717) is 36.9 Å². The molecule has 3 amide bonds. The number of anilines is 1. The summed E-state index contributed by atoms with van der Waals surface area (Å²) >= 11 is 0. The molecule has 320 valence electrons. The summed E-state index contributed by atoms with van der Waals surface area (Å²) in [7, 11) is 3.05. The zero-order valence-electron chi connectivity index (χ0n) is 35.5. The van der Waals surface area contributed by atoms with Gasteiger partial charge >= 0.3 is 12.1 Å². The number of rotatable bonds is 8. The number of pyridine rings is 1. The fourth-order valence-electron chi connectivity index (χ4n) is 8.84. The van der Waals surface area contributed by atoms with Gasteiger partial charge in [-0.25, -0.2) is 10.2 Å². The second-order valence-electron chi connectivity index (χ2n) is 17.5. The summed E-state index contributed by atoms with van der Waals surface area (Å²) in [6, 6.07) is 12.4. The Labute approximate surface area is 350 Å². The molecule has 4 aromatic rings. The predicted molar refractivity (Wildman–Crippen MR) is 227 cm³/mol. The third kappa shape index (κ3) is 8.64. The van der Waals surface area contributed by atoms with Gasteiger partial charge in [0.2, 0.25) is 5.91 Å². The standard InChI is InChI=1S/C45H57N7O8/c1-8-51-38-12-11-28-20-33(38)34(40(51)36-21-30(13-14-46-36)50-23-32(24-50)59-7)22-45(4,5)25-60-43(56)35-10-9-15-52(48-35)42(55)37(18-27-16-29(28)19-31(53)17-27)47-41(54)39(26(2)3)49(6)44(57)58/h11-14,16-17,19-21,26,32,35,37,39,48,53H,8-10,15,18,22-25H2,1-7H3,(H,47,54)(H,57,58)/t35-,37-,39?/m0/s1. The van der Waals surface area contributed by atoms with Gasteiger partial charge in [0, 0.05) is 75.0 Å². The van der Waals surface area contributed by atoms with E-state index in [2.05, 4.69) is 59.2 Å². The van der Waals surface area contributed by atoms with E-state index in [1.54, 1.807) is 33.1 Å². The quantitative estimate of drug-likeness (QED) is 0.172. The smallest absolute Gasteiger partial charge is 0.407 e. The van der Waals surface area contributed by atoms with Crippen molar-refractivity contribution in [3.05, 3.63) is 65.9 Å². The second-order valence-corrected chi connectivity index (χ2v) is 17.5. The number of benzene rings is 2. The Hall–Kier alpha value is -5.67. The van der Waals surface area contributed by atoms with Crippen LogP contribution in [-0.4, -0.2) is 118 Å². The first-order valence-electron chi connectivity index (χ1n) is 20.8. The van der Waals surface area contributed by atoms with E-state index in [1.807, 2.05) is 24.4 Å². The van der Waals surface area contributed by atoms with Gasteiger partial charge < -0.3 is 34.5 Å². The molecule has 0 aliphatic carbocycles. The molecule has 0 spiro atoms. The lowest BCUT2D eigenvalue weighted by atomic mass is 9.84. The fourth-order valence-corrected chi connectivity index (χ4v) is 8.84. The van der Waals surface area contributed by atoms with Gasteiger partial charge in [-0.1, -0.05) is 39.8 Å². The zero-order chi connectivity index (χ0) is 43.0. The van der Waals surface area contributed by atoms with Crippen LogP contribution in [0.4, 0.5) is 10.5 Å². The Morgan fingerprint density at radius 2 is 1.87 bits per heavy atom. The number of cyclic esters (lactones) is 1. The van der Waals surface area contributed by atoms with Crippen LogP contribution < -0.4 is 15.6 Å². The summed E-state index contributed by atoms with van der Waals surface area (Å²) < 4.78 is 13.9. The number of aryl methyl sites for hydroxylation is 1. The van der Waals surface area contributed by atoms with Gasteiger partial charge in [-0.05, 0) is 90.8 Å². The summed E-state index contributed by atoms with van der Waals surface area (Å²) in [5.41, 5.74) is 9.59. The molecule has 15 heteroatoms. The number of likely N-dealkylation sites (N-methyl/N-ethyl adjacent to an activating group) is 1. The molecule has 2 fully saturated rings. The zero-order valence-corrected chi connectivity index (χ0v) is 35.5. The molecule has 4 N–H and O–H groups in total. The van der Waals surface area contributed by atoms with E-state index in [-0.39, 0.29) is 31.4 Å². The van der Waals surface area contributed by atoms with Gasteiger partial charge in [0.05, 0.1) is 24.1 Å². The molecule has 3 aliphatic heterocycles. The van der Waals surface area contributed by atoms with Crippen LogP contribution in [0.1, 0.15) is 58.6 Å². The van der Waals surface area contributed by atoms with Gasteiger partial charge in [0.1, 0.15) is 23.9 Å². The van der Waals surface area contributed by atoms with Gasteiger partial charge in [0.25, 0.3) is 5.91 Å². The Kier molecular flexibility index (Phi) is 12.1. The number of phenolic OH excluding ortho intramolecular Hbond substituents is 1. The molecule has 0 saturated carbocycles. The van der Waals surface area contributed by atoms with Crippen LogP contribution in [0.2, 0.25) is 0 Å². The van der Waals surface area contributed by atoms with Crippen molar-refractivity contribution < 1.29 is 38.9 Å². The van der Waals surface area contributed by atoms with Gasteiger partial charge in [-0.15, -0.1) is 0 Å². The summed E-state index contributed by atoms with van der Waals surface area (Å²) in [6.07, 6.45) is 2.22. The van der Waals surface area contributed by atoms with Crippen molar-refractivity contribution in [3.8, 4) is 28.3 Å². The molecule has 15 nitrogen and oxygen atoms in total. The van der Waals surface area contributed by atoms with Crippen LogP contribution in [0.3, 0.4) is 0 Å². The highest BCUT2D eigenvalue weighted by atomic mass is 16.5. The van der Waals surface area contributed by atoms with Crippen molar-refractivity contribution in [1.82, 2.24) is 30.2 Å². The average molecular weight is 824 g/mol. The Morgan fingerprint density at radius 1 is 1.10 bits per heavy atom. The number of phenols is 1. The largest absolute Gasteiger partial charge is 0.508 e. The highest BCUT2D eigenvalue weighted by Gasteiger charge is 2.38. The molecule has 6 bridgehead atoms. The summed E-state index contributed by atoms with van der Waals surface area (Å²) in [6.45, 7) is 12.4. The van der Waals surface area contributed by atoms with Crippen molar-refractivity contribution in [3.63, 3.8) is 0 Å². The lowest BCUT2D eigenvalue weighted by Crippen LogP contribution is -2.62. The number of ether oxygens (including phenoxy) is 2. The Balaban J connectivity index is 1.35. The minimum absolute atomic E-state index is 0.0185. The van der Waals surface area contributed by atoms with E-state index in [4.69, 9.17) is 14.5 Å². The normalized spacial score (nSPS) is 20.3. The molecule has 1 unspecified atom stereocenters. The number of methoxy groups -OCH3 is 1. The lowest BCUT2D eigenvalue weighted by molar-refractivity contribution is -0.155. The molecule has 5 heterocycles. The monoisotopic (exact) mass is 823 g/mol. The number of esters is 1. The third-order valence-corrected chi connectivity index (χ3v) is 12.0. The fraction of sp³-hybridized carbons (Fsp3) is 0.489. The number of hydrazine groups is 1. The van der Waals surface area contributed by atoms with Crippen molar-refractivity contribution in [1.29, 1.82) is 0 Å². The molecular weight excluding hydrogens is 767 g/mol. The van der Waals surface area contributed by atoms with E-state index < -0.39 is 53.3 Å². The van der Waals surface area contributed by atoms with Crippen LogP contribution in [-0.2, 0) is 43.2 Å². The van der Waals surface area contributed by atoms with E-state index in [9.17, 15) is 29.4 Å². The number of hydrogen-bond acceptors (Lipinski definition) is 10. The number of fused-ring (bicyclic) bond motifs is 6. The maximum atomic E-state index is 14.4. The topological polar surface area (TPSA) is 179 Å². The second kappa shape index (κ2) is 17.1.